The third kappa shape index (κ3) is 35.6. The standard InChI is InChI=1S/C41H81NO3/c1-5-7-9-11-13-15-17-19-21-23-25-27-29-31-33-35-39(43)42-37-41(3,4)38-45-40(44)36-34-32-30-28-26-24-22-20-18-16-14-12-10-8-6-2/h5-38H2,1-4H3,(H,42,43). The van der Waals surface area contributed by atoms with Gasteiger partial charge in [-0.3, -0.25) is 9.59 Å². The summed E-state index contributed by atoms with van der Waals surface area (Å²) in [5.41, 5.74) is -0.241. The Hall–Kier alpha value is -1.06. The van der Waals surface area contributed by atoms with Gasteiger partial charge in [-0.15, -0.1) is 0 Å². The van der Waals surface area contributed by atoms with Gasteiger partial charge in [-0.25, -0.2) is 0 Å². The highest BCUT2D eigenvalue weighted by atomic mass is 16.5. The topological polar surface area (TPSA) is 55.4 Å². The van der Waals surface area contributed by atoms with Crippen molar-refractivity contribution in [3.63, 3.8) is 0 Å². The Kier molecular flexibility index (Phi) is 33.5. The van der Waals surface area contributed by atoms with Gasteiger partial charge in [-0.05, 0) is 12.8 Å². The van der Waals surface area contributed by atoms with E-state index in [0.717, 1.165) is 25.7 Å². The van der Waals surface area contributed by atoms with Crippen LogP contribution in [0.15, 0.2) is 0 Å². The minimum absolute atomic E-state index is 0.0955. The lowest BCUT2D eigenvalue weighted by Crippen LogP contribution is -2.37. The van der Waals surface area contributed by atoms with Crippen molar-refractivity contribution in [1.82, 2.24) is 5.32 Å². The molecule has 0 radical (unpaired) electrons. The van der Waals surface area contributed by atoms with Crippen LogP contribution >= 0.6 is 0 Å². The lowest BCUT2D eigenvalue weighted by atomic mass is 9.94. The zero-order valence-electron chi connectivity index (χ0n) is 31.3. The normalized spacial score (nSPS) is 11.6. The maximum Gasteiger partial charge on any atom is 0.305 e. The molecule has 4 heteroatoms. The minimum Gasteiger partial charge on any atom is -0.465 e. The maximum atomic E-state index is 12.3. The zero-order valence-corrected chi connectivity index (χ0v) is 31.3. The van der Waals surface area contributed by atoms with E-state index in [2.05, 4.69) is 33.0 Å². The highest BCUT2D eigenvalue weighted by molar-refractivity contribution is 5.75. The monoisotopic (exact) mass is 636 g/mol. The first-order chi connectivity index (χ1) is 21.9. The number of nitrogens with one attached hydrogen (secondary N) is 1. The molecule has 0 spiro atoms. The quantitative estimate of drug-likeness (QED) is 0.0550. The predicted molar refractivity (Wildman–Crippen MR) is 197 cm³/mol. The van der Waals surface area contributed by atoms with Gasteiger partial charge in [0.1, 0.15) is 0 Å². The summed E-state index contributed by atoms with van der Waals surface area (Å²) in [6.07, 6.45) is 41.0. The molecule has 0 aromatic heterocycles. The third-order valence-corrected chi connectivity index (χ3v) is 9.38. The van der Waals surface area contributed by atoms with Crippen LogP contribution in [0.4, 0.5) is 0 Å². The molecular formula is C41H81NO3. The second-order valence-corrected chi connectivity index (χ2v) is 15.0. The lowest BCUT2D eigenvalue weighted by Gasteiger charge is -2.24. The van der Waals surface area contributed by atoms with E-state index < -0.39 is 0 Å². The number of rotatable bonds is 36. The zero-order chi connectivity index (χ0) is 33.1. The Morgan fingerprint density at radius 1 is 0.444 bits per heavy atom. The molecule has 0 unspecified atom stereocenters. The molecule has 45 heavy (non-hydrogen) atoms. The lowest BCUT2D eigenvalue weighted by molar-refractivity contribution is -0.146. The van der Waals surface area contributed by atoms with E-state index in [1.165, 1.54) is 167 Å². The van der Waals surface area contributed by atoms with Crippen molar-refractivity contribution in [2.75, 3.05) is 13.2 Å². The second kappa shape index (κ2) is 34.3. The van der Waals surface area contributed by atoms with Crippen molar-refractivity contribution >= 4 is 11.9 Å². The Bertz CT molecular complexity index is 580. The second-order valence-electron chi connectivity index (χ2n) is 15.0. The molecule has 1 amide bonds. The van der Waals surface area contributed by atoms with Gasteiger partial charge in [0.05, 0.1) is 6.61 Å². The number of carbonyl (C=O) groups is 2. The van der Waals surface area contributed by atoms with E-state index in [-0.39, 0.29) is 17.3 Å². The molecule has 0 aromatic carbocycles. The van der Waals surface area contributed by atoms with Gasteiger partial charge in [0.25, 0.3) is 0 Å². The highest BCUT2D eigenvalue weighted by Gasteiger charge is 2.21. The molecule has 0 aliphatic rings. The summed E-state index contributed by atoms with van der Waals surface area (Å²) in [5, 5.41) is 3.07. The van der Waals surface area contributed by atoms with E-state index in [9.17, 15) is 9.59 Å². The first-order valence-corrected chi connectivity index (χ1v) is 20.3. The van der Waals surface area contributed by atoms with E-state index in [4.69, 9.17) is 4.74 Å². The summed E-state index contributed by atoms with van der Waals surface area (Å²) in [4.78, 5) is 24.5. The molecule has 0 aromatic rings. The number of carbonyl (C=O) groups excluding carboxylic acids is 2. The molecule has 268 valence electrons. The van der Waals surface area contributed by atoms with Crippen molar-refractivity contribution in [3.8, 4) is 0 Å². The van der Waals surface area contributed by atoms with Gasteiger partial charge in [0, 0.05) is 24.8 Å². The number of unbranched alkanes of at least 4 members (excludes halogenated alkanes) is 28. The van der Waals surface area contributed by atoms with Crippen LogP contribution in [0, 0.1) is 5.41 Å². The molecule has 4 nitrogen and oxygen atoms in total. The van der Waals surface area contributed by atoms with Crippen LogP contribution < -0.4 is 5.32 Å². The number of hydrogen-bond acceptors (Lipinski definition) is 3. The fourth-order valence-corrected chi connectivity index (χ4v) is 6.12. The van der Waals surface area contributed by atoms with Crippen LogP contribution in [0.3, 0.4) is 0 Å². The number of esters is 1. The Morgan fingerprint density at radius 3 is 1.07 bits per heavy atom. The van der Waals surface area contributed by atoms with Crippen LogP contribution in [-0.2, 0) is 14.3 Å². The SMILES string of the molecule is CCCCCCCCCCCCCCCCCC(=O)NCC(C)(C)COC(=O)CCCCCCCCCCCCCCCCC. The van der Waals surface area contributed by atoms with Crippen LogP contribution in [0.25, 0.3) is 0 Å². The molecule has 1 N–H and O–H groups in total. The maximum absolute atomic E-state index is 12.3. The molecule has 0 heterocycles. The van der Waals surface area contributed by atoms with Crippen LogP contribution in [-0.4, -0.2) is 25.0 Å². The van der Waals surface area contributed by atoms with E-state index >= 15 is 0 Å². The highest BCUT2D eigenvalue weighted by Crippen LogP contribution is 2.17. The summed E-state index contributed by atoms with van der Waals surface area (Å²) >= 11 is 0. The molecule has 0 aliphatic heterocycles. The van der Waals surface area contributed by atoms with Crippen molar-refractivity contribution in [3.05, 3.63) is 0 Å². The Morgan fingerprint density at radius 2 is 0.733 bits per heavy atom. The summed E-state index contributed by atoms with van der Waals surface area (Å²) < 4.78 is 5.56. The molecule has 0 fully saturated rings. The van der Waals surface area contributed by atoms with Crippen LogP contribution in [0.2, 0.25) is 0 Å². The van der Waals surface area contributed by atoms with Gasteiger partial charge in [-0.2, -0.15) is 0 Å². The molecule has 0 bridgehead atoms. The summed E-state index contributed by atoms with van der Waals surface area (Å²) in [6.45, 7) is 9.59. The largest absolute Gasteiger partial charge is 0.465 e. The molecule has 0 aliphatic carbocycles. The Labute approximate surface area is 282 Å². The summed E-state index contributed by atoms with van der Waals surface area (Å²) in [7, 11) is 0. The van der Waals surface area contributed by atoms with E-state index in [1.807, 2.05) is 0 Å². The number of ether oxygens (including phenoxy) is 1. The van der Waals surface area contributed by atoms with Gasteiger partial charge in [0.15, 0.2) is 0 Å². The van der Waals surface area contributed by atoms with Gasteiger partial charge in [0.2, 0.25) is 5.91 Å². The van der Waals surface area contributed by atoms with Crippen molar-refractivity contribution in [2.45, 2.75) is 233 Å². The van der Waals surface area contributed by atoms with Crippen molar-refractivity contribution in [2.24, 2.45) is 5.41 Å². The first kappa shape index (κ1) is 43.9. The number of amides is 1. The van der Waals surface area contributed by atoms with E-state index in [0.29, 0.717) is 26.0 Å². The molecule has 0 saturated heterocycles. The van der Waals surface area contributed by atoms with Gasteiger partial charge >= 0.3 is 5.97 Å². The Balaban J connectivity index is 3.50. The fourth-order valence-electron chi connectivity index (χ4n) is 6.12. The van der Waals surface area contributed by atoms with Crippen molar-refractivity contribution in [1.29, 1.82) is 0 Å². The van der Waals surface area contributed by atoms with Crippen LogP contribution in [0.5, 0.6) is 0 Å². The molecular weight excluding hydrogens is 554 g/mol. The summed E-state index contributed by atoms with van der Waals surface area (Å²) in [5.74, 6) is 0.0313. The average molecular weight is 636 g/mol. The van der Waals surface area contributed by atoms with Crippen molar-refractivity contribution < 1.29 is 14.3 Å². The molecule has 0 saturated carbocycles. The first-order valence-electron chi connectivity index (χ1n) is 20.3. The van der Waals surface area contributed by atoms with E-state index in [1.54, 1.807) is 0 Å². The predicted octanol–water partition coefficient (Wildman–Crippen LogP) is 13.2. The van der Waals surface area contributed by atoms with Gasteiger partial charge in [-0.1, -0.05) is 207 Å². The number of hydrogen-bond donors (Lipinski definition) is 1. The fraction of sp³-hybridized carbons (Fsp3) is 0.951. The third-order valence-electron chi connectivity index (χ3n) is 9.38. The molecule has 0 atom stereocenters. The minimum atomic E-state index is -0.241. The average Bonchev–Trinajstić information content (AvgIpc) is 3.03. The van der Waals surface area contributed by atoms with Crippen LogP contribution in [0.1, 0.15) is 233 Å². The molecule has 0 rings (SSSR count). The summed E-state index contributed by atoms with van der Waals surface area (Å²) in [6, 6.07) is 0. The van der Waals surface area contributed by atoms with Gasteiger partial charge < -0.3 is 10.1 Å². The smallest absolute Gasteiger partial charge is 0.305 e.